The summed E-state index contributed by atoms with van der Waals surface area (Å²) in [7, 11) is 4.86. The molecule has 0 unspecified atom stereocenters. The van der Waals surface area contributed by atoms with Crippen LogP contribution in [-0.4, -0.2) is 21.6 Å². The molecule has 0 fully saturated rings. The molecule has 3 heteroatoms. The van der Waals surface area contributed by atoms with Gasteiger partial charge in [-0.15, -0.1) is 0 Å². The van der Waals surface area contributed by atoms with Crippen LogP contribution < -0.4 is 15.9 Å². The van der Waals surface area contributed by atoms with E-state index >= 15 is 0 Å². The van der Waals surface area contributed by atoms with Crippen LogP contribution in [0.4, 0.5) is 0 Å². The molecule has 3 aromatic carbocycles. The fraction of sp³-hybridized carbons (Fsp3) is 0.182. The van der Waals surface area contributed by atoms with E-state index in [2.05, 4.69) is 106 Å². The molecular weight excluding hydrogens is 317 g/mol. The summed E-state index contributed by atoms with van der Waals surface area (Å²) in [6.45, 7) is -2.47. The van der Waals surface area contributed by atoms with Crippen molar-refractivity contribution in [3.63, 3.8) is 0 Å². The van der Waals surface area contributed by atoms with E-state index in [1.165, 1.54) is 41.2 Å². The normalized spacial score (nSPS) is 13.0. The van der Waals surface area contributed by atoms with Crippen molar-refractivity contribution >= 4 is 37.8 Å². The summed E-state index contributed by atoms with van der Waals surface area (Å²) in [4.78, 5) is 0. The molecule has 0 atom stereocenters. The summed E-state index contributed by atoms with van der Waals surface area (Å²) in [5, 5.41) is 4.51. The molecule has 0 radical (unpaired) electrons. The molecule has 0 aromatic heterocycles. The Bertz CT molecular complexity index is 689. The minimum absolute atomic E-state index is 1.23. The van der Waals surface area contributed by atoms with Gasteiger partial charge in [0.15, 0.2) is 0 Å². The molecule has 0 heterocycles. The quantitative estimate of drug-likeness (QED) is 0.351. The number of unbranched alkanes of at least 4 members (excludes halogenated alkanes) is 1. The molecular formula is C22H27B2P. The molecule has 0 aliphatic carbocycles. The van der Waals surface area contributed by atoms with Crippen LogP contribution in [0, 0.1) is 0 Å². The third-order valence-electron chi connectivity index (χ3n) is 5.69. The molecule has 3 rings (SSSR count). The summed E-state index contributed by atoms with van der Waals surface area (Å²) in [5.41, 5.74) is 0. The maximum absolute atomic E-state index is 2.57. The van der Waals surface area contributed by atoms with Gasteiger partial charge in [-0.2, -0.15) is 0 Å². The first-order chi connectivity index (χ1) is 12.2. The number of hydrogen-bond donors (Lipinski definition) is 0. The molecule has 0 amide bonds. The molecule has 0 saturated carbocycles. The Balaban J connectivity index is 2.32. The van der Waals surface area contributed by atoms with Crippen molar-refractivity contribution in [2.75, 3.05) is 6.16 Å². The van der Waals surface area contributed by atoms with Crippen LogP contribution in [0.3, 0.4) is 0 Å². The zero-order chi connectivity index (χ0) is 17.6. The van der Waals surface area contributed by atoms with Gasteiger partial charge in [0, 0.05) is 0 Å². The molecule has 0 nitrogen and oxygen atoms in total. The Morgan fingerprint density at radius 3 is 1.24 bits per heavy atom. The van der Waals surface area contributed by atoms with Crippen LogP contribution in [0.2, 0.25) is 6.32 Å². The summed E-state index contributed by atoms with van der Waals surface area (Å²) in [6.07, 6.45) is 5.05. The average molecular weight is 344 g/mol. The van der Waals surface area contributed by atoms with Crippen molar-refractivity contribution in [3.05, 3.63) is 91.0 Å². The van der Waals surface area contributed by atoms with Gasteiger partial charge in [-0.3, -0.25) is 0 Å². The van der Waals surface area contributed by atoms with E-state index in [0.717, 1.165) is 0 Å². The predicted octanol–water partition coefficient (Wildman–Crippen LogP) is 2.90. The Labute approximate surface area is 154 Å². The van der Waals surface area contributed by atoms with Gasteiger partial charge in [-0.1, -0.05) is 0 Å². The first-order valence-electron chi connectivity index (χ1n) is 9.37. The summed E-state index contributed by atoms with van der Waals surface area (Å²) >= 11 is 0. The Morgan fingerprint density at radius 2 is 0.920 bits per heavy atom. The SMILES string of the molecule is BCCCCP(B)(c1ccccc1)(c1ccccc1)c1ccccc1. The molecule has 126 valence electrons. The second-order valence-electron chi connectivity index (χ2n) is 7.23. The monoisotopic (exact) mass is 344 g/mol. The van der Waals surface area contributed by atoms with Crippen molar-refractivity contribution in [2.24, 2.45) is 0 Å². The fourth-order valence-electron chi connectivity index (χ4n) is 4.09. The summed E-state index contributed by atoms with van der Waals surface area (Å²) in [6, 6.07) is 33.7. The third-order valence-corrected chi connectivity index (χ3v) is 12.2. The second-order valence-corrected chi connectivity index (χ2v) is 12.8. The van der Waals surface area contributed by atoms with Gasteiger partial charge in [-0.05, 0) is 0 Å². The number of rotatable bonds is 7. The predicted molar refractivity (Wildman–Crippen MR) is 121 cm³/mol. The van der Waals surface area contributed by atoms with Crippen molar-refractivity contribution in [1.82, 2.24) is 0 Å². The van der Waals surface area contributed by atoms with Gasteiger partial charge in [0.1, 0.15) is 0 Å². The van der Waals surface area contributed by atoms with Crippen LogP contribution in [0.25, 0.3) is 0 Å². The second kappa shape index (κ2) is 7.63. The molecule has 0 N–H and O–H groups in total. The summed E-state index contributed by atoms with van der Waals surface area (Å²) < 4.78 is 0. The van der Waals surface area contributed by atoms with Crippen molar-refractivity contribution < 1.29 is 0 Å². The first kappa shape index (κ1) is 18.0. The maximum atomic E-state index is 2.57. The first-order valence-corrected chi connectivity index (χ1v) is 12.2. The molecule has 0 aliphatic heterocycles. The molecule has 0 bridgehead atoms. The van der Waals surface area contributed by atoms with Gasteiger partial charge in [0.2, 0.25) is 0 Å². The molecule has 0 saturated heterocycles. The molecule has 3 aromatic rings. The Kier molecular flexibility index (Phi) is 5.50. The van der Waals surface area contributed by atoms with Crippen LogP contribution in [0.1, 0.15) is 12.8 Å². The van der Waals surface area contributed by atoms with Crippen molar-refractivity contribution in [3.8, 4) is 0 Å². The van der Waals surface area contributed by atoms with Gasteiger partial charge in [0.25, 0.3) is 0 Å². The van der Waals surface area contributed by atoms with E-state index in [1.54, 1.807) is 0 Å². The van der Waals surface area contributed by atoms with Crippen LogP contribution in [0.15, 0.2) is 91.0 Å². The van der Waals surface area contributed by atoms with Gasteiger partial charge in [0.05, 0.1) is 0 Å². The van der Waals surface area contributed by atoms with Gasteiger partial charge >= 0.3 is 154 Å². The minimum atomic E-state index is -2.47. The van der Waals surface area contributed by atoms with E-state index in [-0.39, 0.29) is 0 Å². The van der Waals surface area contributed by atoms with E-state index in [4.69, 9.17) is 0 Å². The van der Waals surface area contributed by atoms with Crippen LogP contribution in [-0.2, 0) is 0 Å². The van der Waals surface area contributed by atoms with Crippen molar-refractivity contribution in [2.45, 2.75) is 19.2 Å². The van der Waals surface area contributed by atoms with Crippen LogP contribution in [0.5, 0.6) is 0 Å². The molecule has 0 spiro atoms. The number of hydrogen-bond acceptors (Lipinski definition) is 0. The van der Waals surface area contributed by atoms with E-state index in [0.29, 0.717) is 0 Å². The van der Waals surface area contributed by atoms with E-state index in [9.17, 15) is 0 Å². The Hall–Kier alpha value is -1.78. The zero-order valence-corrected chi connectivity index (χ0v) is 16.3. The molecule has 25 heavy (non-hydrogen) atoms. The van der Waals surface area contributed by atoms with Gasteiger partial charge in [-0.25, -0.2) is 0 Å². The zero-order valence-electron chi connectivity index (χ0n) is 15.4. The van der Waals surface area contributed by atoms with Crippen molar-refractivity contribution in [1.29, 1.82) is 0 Å². The van der Waals surface area contributed by atoms with Crippen LogP contribution >= 0.6 is 6.48 Å². The Morgan fingerprint density at radius 1 is 0.560 bits per heavy atom. The van der Waals surface area contributed by atoms with E-state index < -0.39 is 6.48 Å². The van der Waals surface area contributed by atoms with Gasteiger partial charge < -0.3 is 0 Å². The fourth-order valence-corrected chi connectivity index (χ4v) is 9.71. The topological polar surface area (TPSA) is 0 Å². The summed E-state index contributed by atoms with van der Waals surface area (Å²) in [5.74, 6) is 0. The molecule has 0 aliphatic rings. The van der Waals surface area contributed by atoms with E-state index in [1.807, 2.05) is 0 Å². The third kappa shape index (κ3) is 3.21. The average Bonchev–Trinajstić information content (AvgIpc) is 2.70. The standard InChI is InChI=1S/C22H27B2P/c23-18-10-11-19-25(24,20-12-4-1-5-13-20,21-14-6-2-7-15-21)22-16-8-3-9-17-22/h1-9,12-17H,10-11,18-19,23-24H2. The number of benzene rings is 3.